The van der Waals surface area contributed by atoms with Crippen molar-refractivity contribution in [2.45, 2.75) is 6.54 Å². The summed E-state index contributed by atoms with van der Waals surface area (Å²) in [6, 6.07) is 19.7. The van der Waals surface area contributed by atoms with Gasteiger partial charge in [-0.15, -0.1) is 11.3 Å². The molecule has 4 heteroatoms. The molecule has 3 aromatic rings. The number of thiophene rings is 1. The van der Waals surface area contributed by atoms with E-state index in [1.165, 1.54) is 4.88 Å². The van der Waals surface area contributed by atoms with E-state index in [1.54, 1.807) is 11.3 Å². The van der Waals surface area contributed by atoms with Crippen LogP contribution in [0.3, 0.4) is 0 Å². The molecule has 0 radical (unpaired) electrons. The summed E-state index contributed by atoms with van der Waals surface area (Å²) in [5.41, 5.74) is 0.964. The molecule has 106 valence electrons. The number of halogens is 1. The van der Waals surface area contributed by atoms with Crippen molar-refractivity contribution in [2.24, 2.45) is 0 Å². The van der Waals surface area contributed by atoms with Crippen LogP contribution in [0.25, 0.3) is 0 Å². The minimum atomic E-state index is 0.729. The average Bonchev–Trinajstić information content (AvgIpc) is 2.93. The van der Waals surface area contributed by atoms with E-state index in [1.807, 2.05) is 66.0 Å². The number of anilines is 1. The van der Waals surface area contributed by atoms with Crippen LogP contribution < -0.4 is 10.1 Å². The van der Waals surface area contributed by atoms with Crippen LogP contribution in [0, 0.1) is 0 Å². The fourth-order valence-corrected chi connectivity index (χ4v) is 2.96. The number of hydrogen-bond acceptors (Lipinski definition) is 3. The van der Waals surface area contributed by atoms with Crippen LogP contribution >= 0.6 is 22.9 Å². The van der Waals surface area contributed by atoms with Gasteiger partial charge in [-0.2, -0.15) is 0 Å². The summed E-state index contributed by atoms with van der Waals surface area (Å²) in [5, 5.41) is 6.11. The molecular formula is C17H14ClNOS. The zero-order valence-electron chi connectivity index (χ0n) is 11.3. The number of nitrogens with one attached hydrogen (secondary N) is 1. The van der Waals surface area contributed by atoms with Crippen LogP contribution in [0.1, 0.15) is 4.88 Å². The molecule has 21 heavy (non-hydrogen) atoms. The van der Waals surface area contributed by atoms with E-state index in [9.17, 15) is 0 Å². The Labute approximate surface area is 133 Å². The predicted molar refractivity (Wildman–Crippen MR) is 89.6 cm³/mol. The van der Waals surface area contributed by atoms with E-state index in [0.717, 1.165) is 28.8 Å². The third-order valence-corrected chi connectivity index (χ3v) is 4.22. The molecule has 2 nitrogen and oxygen atoms in total. The van der Waals surface area contributed by atoms with E-state index in [2.05, 4.69) is 5.32 Å². The van der Waals surface area contributed by atoms with Crippen molar-refractivity contribution in [1.29, 1.82) is 0 Å². The molecule has 1 heterocycles. The first-order valence-corrected chi connectivity index (χ1v) is 7.86. The molecule has 0 fully saturated rings. The van der Waals surface area contributed by atoms with Crippen LogP contribution in [0.4, 0.5) is 5.69 Å². The first-order chi connectivity index (χ1) is 10.3. The summed E-state index contributed by atoms with van der Waals surface area (Å²) in [6.45, 7) is 0.729. The highest BCUT2D eigenvalue weighted by atomic mass is 35.5. The third kappa shape index (κ3) is 3.78. The zero-order chi connectivity index (χ0) is 14.5. The van der Waals surface area contributed by atoms with Crippen molar-refractivity contribution in [3.05, 3.63) is 75.9 Å². The fraction of sp³-hybridized carbons (Fsp3) is 0.0588. The van der Waals surface area contributed by atoms with Crippen molar-refractivity contribution < 1.29 is 4.74 Å². The summed E-state index contributed by atoms with van der Waals surface area (Å²) in [7, 11) is 0. The van der Waals surface area contributed by atoms with Gasteiger partial charge in [-0.05, 0) is 30.3 Å². The zero-order valence-corrected chi connectivity index (χ0v) is 12.8. The van der Waals surface area contributed by atoms with Crippen LogP contribution in [0.5, 0.6) is 11.5 Å². The van der Waals surface area contributed by atoms with Gasteiger partial charge in [0, 0.05) is 16.8 Å². The van der Waals surface area contributed by atoms with Gasteiger partial charge in [0.1, 0.15) is 5.75 Å². The Morgan fingerprint density at radius 3 is 2.52 bits per heavy atom. The van der Waals surface area contributed by atoms with Crippen LogP contribution in [0.15, 0.2) is 66.0 Å². The third-order valence-electron chi connectivity index (χ3n) is 2.93. The molecule has 0 unspecified atom stereocenters. The van der Waals surface area contributed by atoms with Gasteiger partial charge in [-0.25, -0.2) is 0 Å². The van der Waals surface area contributed by atoms with Crippen LogP contribution in [0.2, 0.25) is 5.02 Å². The average molecular weight is 316 g/mol. The van der Waals surface area contributed by atoms with Crippen LogP contribution in [-0.2, 0) is 6.54 Å². The molecule has 0 aliphatic heterocycles. The Hall–Kier alpha value is -1.97. The van der Waals surface area contributed by atoms with E-state index in [0.29, 0.717) is 0 Å². The lowest BCUT2D eigenvalue weighted by atomic mass is 10.3. The molecule has 1 aromatic heterocycles. The normalized spacial score (nSPS) is 10.3. The highest BCUT2D eigenvalue weighted by Gasteiger charge is 2.05. The molecule has 0 atom stereocenters. The molecule has 0 saturated carbocycles. The summed E-state index contributed by atoms with van der Waals surface area (Å²) in [5.74, 6) is 1.64. The Morgan fingerprint density at radius 1 is 1.00 bits per heavy atom. The molecule has 0 spiro atoms. The molecule has 0 amide bonds. The Kier molecular flexibility index (Phi) is 4.43. The molecular weight excluding hydrogens is 302 g/mol. The van der Waals surface area contributed by atoms with Crippen molar-refractivity contribution in [2.75, 3.05) is 5.32 Å². The van der Waals surface area contributed by atoms with Gasteiger partial charge in [0.25, 0.3) is 0 Å². The van der Waals surface area contributed by atoms with Gasteiger partial charge < -0.3 is 10.1 Å². The second-order valence-corrected chi connectivity index (χ2v) is 5.93. The van der Waals surface area contributed by atoms with Gasteiger partial charge in [0.2, 0.25) is 0 Å². The minimum Gasteiger partial charge on any atom is -0.455 e. The Morgan fingerprint density at radius 2 is 1.76 bits per heavy atom. The number of ether oxygens (including phenoxy) is 1. The molecule has 0 aliphatic rings. The number of hydrogen-bond donors (Lipinski definition) is 1. The summed E-state index contributed by atoms with van der Waals surface area (Å²) < 4.78 is 5.92. The molecule has 3 rings (SSSR count). The molecule has 0 aliphatic carbocycles. The standard InChI is InChI=1S/C17H14ClNOS/c18-13-10-15(21-12-13)11-19-16-8-4-5-9-17(16)20-14-6-2-1-3-7-14/h1-10,12,19H,11H2. The smallest absolute Gasteiger partial charge is 0.150 e. The number of rotatable bonds is 5. The maximum Gasteiger partial charge on any atom is 0.150 e. The molecule has 1 N–H and O–H groups in total. The summed E-state index contributed by atoms with van der Waals surface area (Å²) in [6.07, 6.45) is 0. The van der Waals surface area contributed by atoms with Crippen molar-refractivity contribution in [3.63, 3.8) is 0 Å². The first kappa shape index (κ1) is 14.0. The second kappa shape index (κ2) is 6.66. The van der Waals surface area contributed by atoms with Gasteiger partial charge in [0.15, 0.2) is 5.75 Å². The fourth-order valence-electron chi connectivity index (χ4n) is 1.95. The van der Waals surface area contributed by atoms with Crippen molar-refractivity contribution in [1.82, 2.24) is 0 Å². The lowest BCUT2D eigenvalue weighted by molar-refractivity contribution is 0.484. The quantitative estimate of drug-likeness (QED) is 0.642. The Bertz CT molecular complexity index is 712. The lowest BCUT2D eigenvalue weighted by Gasteiger charge is -2.12. The lowest BCUT2D eigenvalue weighted by Crippen LogP contribution is -1.99. The SMILES string of the molecule is Clc1csc(CNc2ccccc2Oc2ccccc2)c1. The first-order valence-electron chi connectivity index (χ1n) is 6.60. The maximum atomic E-state index is 5.94. The van der Waals surface area contributed by atoms with E-state index < -0.39 is 0 Å². The topological polar surface area (TPSA) is 21.3 Å². The molecule has 2 aromatic carbocycles. The van der Waals surface area contributed by atoms with Crippen molar-refractivity contribution in [3.8, 4) is 11.5 Å². The highest BCUT2D eigenvalue weighted by molar-refractivity contribution is 7.10. The number of para-hydroxylation sites is 3. The van der Waals surface area contributed by atoms with Gasteiger partial charge >= 0.3 is 0 Å². The van der Waals surface area contributed by atoms with Gasteiger partial charge in [-0.1, -0.05) is 41.9 Å². The summed E-state index contributed by atoms with van der Waals surface area (Å²) in [4.78, 5) is 1.19. The predicted octanol–water partition coefficient (Wildman–Crippen LogP) is 5.81. The monoisotopic (exact) mass is 315 g/mol. The highest BCUT2D eigenvalue weighted by Crippen LogP contribution is 2.30. The second-order valence-electron chi connectivity index (χ2n) is 4.50. The van der Waals surface area contributed by atoms with E-state index in [4.69, 9.17) is 16.3 Å². The summed E-state index contributed by atoms with van der Waals surface area (Å²) >= 11 is 7.58. The molecule has 0 saturated heterocycles. The largest absolute Gasteiger partial charge is 0.455 e. The maximum absolute atomic E-state index is 5.94. The van der Waals surface area contributed by atoms with Crippen LogP contribution in [-0.4, -0.2) is 0 Å². The van der Waals surface area contributed by atoms with Gasteiger partial charge in [0.05, 0.1) is 10.7 Å². The van der Waals surface area contributed by atoms with E-state index in [-0.39, 0.29) is 0 Å². The number of benzene rings is 2. The molecule has 0 bridgehead atoms. The van der Waals surface area contributed by atoms with Gasteiger partial charge in [-0.3, -0.25) is 0 Å². The minimum absolute atomic E-state index is 0.729. The Balaban J connectivity index is 1.73. The van der Waals surface area contributed by atoms with Crippen molar-refractivity contribution >= 4 is 28.6 Å². The van der Waals surface area contributed by atoms with E-state index >= 15 is 0 Å².